The van der Waals surface area contributed by atoms with Gasteiger partial charge < -0.3 is 10.6 Å². The fourth-order valence-electron chi connectivity index (χ4n) is 5.84. The Labute approximate surface area is 256 Å². The highest BCUT2D eigenvalue weighted by Gasteiger charge is 2.38. The van der Waals surface area contributed by atoms with Crippen LogP contribution in [0, 0.1) is 5.92 Å². The number of hydrogen-bond donors (Lipinski definition) is 2. The number of piperidine rings is 1. The summed E-state index contributed by atoms with van der Waals surface area (Å²) in [6.45, 7) is 5.73. The van der Waals surface area contributed by atoms with E-state index in [0.717, 1.165) is 48.0 Å². The highest BCUT2D eigenvalue weighted by atomic mass is 19.4. The Hall–Kier alpha value is -3.20. The molecule has 0 aliphatic carbocycles. The predicted octanol–water partition coefficient (Wildman–Crippen LogP) is 7.74. The summed E-state index contributed by atoms with van der Waals surface area (Å²) in [5, 5.41) is 4.63. The molecule has 1 fully saturated rings. The first-order valence-electron chi connectivity index (χ1n) is 14.6. The van der Waals surface area contributed by atoms with Gasteiger partial charge in [-0.2, -0.15) is 39.5 Å². The predicted molar refractivity (Wildman–Crippen MR) is 153 cm³/mol. The number of benzene rings is 2. The Morgan fingerprint density at radius 2 is 1.47 bits per heavy atom. The van der Waals surface area contributed by atoms with Crippen LogP contribution in [0.5, 0.6) is 0 Å². The van der Waals surface area contributed by atoms with Crippen LogP contribution in [0.15, 0.2) is 41.5 Å². The number of hydrazine groups is 1. The van der Waals surface area contributed by atoms with E-state index in [9.17, 15) is 39.5 Å². The van der Waals surface area contributed by atoms with Crippen molar-refractivity contribution < 1.29 is 39.5 Å². The van der Waals surface area contributed by atoms with Crippen LogP contribution in [-0.4, -0.2) is 40.5 Å². The lowest BCUT2D eigenvalue weighted by atomic mass is 9.87. The van der Waals surface area contributed by atoms with Crippen molar-refractivity contribution in [3.63, 3.8) is 0 Å². The molecule has 0 aromatic heterocycles. The molecule has 6 nitrogen and oxygen atoms in total. The van der Waals surface area contributed by atoms with Crippen molar-refractivity contribution in [1.29, 1.82) is 0 Å². The summed E-state index contributed by atoms with van der Waals surface area (Å²) in [7, 11) is 1.28. The Bertz CT molecular complexity index is 1290. The first kappa shape index (κ1) is 36.3. The monoisotopic (exact) mass is 654 g/mol. The zero-order valence-corrected chi connectivity index (χ0v) is 25.5. The minimum absolute atomic E-state index is 0.000940. The second-order valence-electron chi connectivity index (χ2n) is 11.5. The summed E-state index contributed by atoms with van der Waals surface area (Å²) in [6, 6.07) is 4.23. The zero-order valence-electron chi connectivity index (χ0n) is 25.5. The molecule has 0 bridgehead atoms. The molecular weight excluding hydrogens is 615 g/mol. The number of nitrogens with zero attached hydrogens (tertiary/aromatic N) is 4. The topological polar surface area (TPSA) is 74.1 Å². The van der Waals surface area contributed by atoms with E-state index in [1.165, 1.54) is 13.1 Å². The van der Waals surface area contributed by atoms with Gasteiger partial charge in [0.2, 0.25) is 5.96 Å². The molecule has 0 amide bonds. The summed E-state index contributed by atoms with van der Waals surface area (Å²) in [5.41, 5.74) is 2.38. The number of alkyl halides is 9. The zero-order chi connectivity index (χ0) is 33.9. The van der Waals surface area contributed by atoms with Gasteiger partial charge >= 0.3 is 18.5 Å². The van der Waals surface area contributed by atoms with Crippen LogP contribution in [0.3, 0.4) is 0 Å². The van der Waals surface area contributed by atoms with Crippen LogP contribution in [0.1, 0.15) is 85.9 Å². The minimum atomic E-state index is -5.10. The van der Waals surface area contributed by atoms with Crippen LogP contribution in [0.25, 0.3) is 0 Å². The van der Waals surface area contributed by atoms with E-state index in [1.54, 1.807) is 0 Å². The molecule has 1 saturated heterocycles. The van der Waals surface area contributed by atoms with E-state index < -0.39 is 59.8 Å². The number of halogens is 9. The fourth-order valence-corrected chi connectivity index (χ4v) is 5.84. The van der Waals surface area contributed by atoms with Gasteiger partial charge in [-0.3, -0.25) is 4.90 Å². The van der Waals surface area contributed by atoms with Gasteiger partial charge in [-0.15, -0.1) is 5.10 Å². The first-order valence-corrected chi connectivity index (χ1v) is 14.6. The van der Waals surface area contributed by atoms with Gasteiger partial charge in [0.25, 0.3) is 0 Å². The second-order valence-corrected chi connectivity index (χ2v) is 11.5. The van der Waals surface area contributed by atoms with Gasteiger partial charge in [0, 0.05) is 38.8 Å². The molecule has 0 spiro atoms. The van der Waals surface area contributed by atoms with Crippen molar-refractivity contribution in [3.8, 4) is 0 Å². The van der Waals surface area contributed by atoms with Gasteiger partial charge in [-0.25, -0.2) is 11.0 Å². The van der Waals surface area contributed by atoms with Crippen molar-refractivity contribution >= 4 is 5.96 Å². The van der Waals surface area contributed by atoms with Gasteiger partial charge in [0.05, 0.1) is 16.7 Å². The lowest BCUT2D eigenvalue weighted by Gasteiger charge is -2.43. The molecule has 0 saturated carbocycles. The third kappa shape index (κ3) is 9.41. The van der Waals surface area contributed by atoms with Crippen molar-refractivity contribution in [2.75, 3.05) is 13.6 Å². The van der Waals surface area contributed by atoms with Crippen LogP contribution < -0.4 is 11.6 Å². The molecular formula is C30H39F9N6. The number of rotatable bonds is 9. The van der Waals surface area contributed by atoms with E-state index in [1.807, 2.05) is 6.92 Å². The number of guanidine groups is 1. The van der Waals surface area contributed by atoms with E-state index in [0.29, 0.717) is 30.0 Å². The maximum absolute atomic E-state index is 13.9. The summed E-state index contributed by atoms with van der Waals surface area (Å²) in [6.07, 6.45) is -11.5. The third-order valence-corrected chi connectivity index (χ3v) is 8.19. The molecule has 252 valence electrons. The van der Waals surface area contributed by atoms with E-state index in [-0.39, 0.29) is 23.7 Å². The molecule has 3 rings (SSSR count). The molecule has 1 aliphatic rings. The van der Waals surface area contributed by atoms with Crippen LogP contribution in [-0.2, 0) is 31.6 Å². The molecule has 3 atom stereocenters. The second kappa shape index (κ2) is 14.1. The summed E-state index contributed by atoms with van der Waals surface area (Å²) in [5.74, 6) is 5.57. The van der Waals surface area contributed by atoms with Crippen LogP contribution in [0.2, 0.25) is 0 Å². The number of hydrazone groups is 1. The van der Waals surface area contributed by atoms with Gasteiger partial charge in [0.15, 0.2) is 0 Å². The van der Waals surface area contributed by atoms with Gasteiger partial charge in [-0.05, 0) is 79.1 Å². The molecule has 4 N–H and O–H groups in total. The SMILES string of the molecule is CCC1CCC(C)N(C(CC)c2ccc(C(F)(F)F)cc2CN(Cc2cc(C(F)(F)F)cc(C(F)(F)F)c2)/C(N)=N/N(C)N)C1. The highest BCUT2D eigenvalue weighted by Crippen LogP contribution is 2.39. The Morgan fingerprint density at radius 3 is 1.96 bits per heavy atom. The molecule has 1 aliphatic heterocycles. The smallest absolute Gasteiger partial charge is 0.368 e. The Kier molecular flexibility index (Phi) is 11.3. The lowest BCUT2D eigenvalue weighted by Crippen LogP contribution is -2.44. The van der Waals surface area contributed by atoms with Crippen LogP contribution in [0.4, 0.5) is 39.5 Å². The summed E-state index contributed by atoms with van der Waals surface area (Å²) < 4.78 is 123. The summed E-state index contributed by atoms with van der Waals surface area (Å²) in [4.78, 5) is 3.36. The van der Waals surface area contributed by atoms with E-state index in [2.05, 4.69) is 23.8 Å². The Balaban J connectivity index is 2.17. The maximum atomic E-state index is 13.9. The third-order valence-electron chi connectivity index (χ3n) is 8.19. The van der Waals surface area contributed by atoms with Gasteiger partial charge in [-0.1, -0.05) is 26.3 Å². The van der Waals surface area contributed by atoms with Crippen molar-refractivity contribution in [1.82, 2.24) is 14.9 Å². The lowest BCUT2D eigenvalue weighted by molar-refractivity contribution is -0.143. The van der Waals surface area contributed by atoms with E-state index in [4.69, 9.17) is 11.6 Å². The van der Waals surface area contributed by atoms with Gasteiger partial charge in [0.1, 0.15) is 0 Å². The number of nitrogens with two attached hydrogens (primary N) is 2. The number of likely N-dealkylation sites (tertiary alicyclic amines) is 1. The van der Waals surface area contributed by atoms with Crippen molar-refractivity contribution in [3.05, 3.63) is 69.8 Å². The maximum Gasteiger partial charge on any atom is 0.416 e. The largest absolute Gasteiger partial charge is 0.416 e. The summed E-state index contributed by atoms with van der Waals surface area (Å²) >= 11 is 0. The Morgan fingerprint density at radius 1 is 0.889 bits per heavy atom. The molecule has 15 heteroatoms. The molecule has 1 heterocycles. The minimum Gasteiger partial charge on any atom is -0.368 e. The van der Waals surface area contributed by atoms with Crippen LogP contribution >= 0.6 is 0 Å². The number of hydrogen-bond acceptors (Lipinski definition) is 4. The normalized spacial score (nSPS) is 19.5. The highest BCUT2D eigenvalue weighted by molar-refractivity contribution is 5.78. The molecule has 2 aromatic carbocycles. The van der Waals surface area contributed by atoms with Crippen molar-refractivity contribution in [2.24, 2.45) is 22.6 Å². The van der Waals surface area contributed by atoms with E-state index >= 15 is 0 Å². The standard InChI is InChI=1S/C30H39F9N6/c1-5-19-8-7-18(3)45(16-19)26(6-2)25-10-9-22(28(31,32)33)13-21(25)17-44(27(40)42-43(4)41)15-20-11-23(29(34,35)36)14-24(12-20)30(37,38)39/h9-14,18-19,26H,5-8,15-17,41H2,1-4H3,(H2,40,42). The average Bonchev–Trinajstić information content (AvgIpc) is 2.92. The fraction of sp³-hybridized carbons (Fsp3) is 0.567. The van der Waals surface area contributed by atoms with Crippen molar-refractivity contribution in [2.45, 2.75) is 90.2 Å². The first-order chi connectivity index (χ1) is 20.7. The molecule has 45 heavy (non-hydrogen) atoms. The molecule has 3 unspecified atom stereocenters. The average molecular weight is 655 g/mol. The molecule has 2 aromatic rings. The molecule has 0 radical (unpaired) electrons. The quantitative estimate of drug-likeness (QED) is 0.0952.